The Morgan fingerprint density at radius 1 is 1.48 bits per heavy atom. The van der Waals surface area contributed by atoms with Crippen LogP contribution in [0.5, 0.6) is 0 Å². The van der Waals surface area contributed by atoms with Gasteiger partial charge in [0.2, 0.25) is 10.0 Å². The molecule has 1 heterocycles. The molecule has 0 atom stereocenters. The number of rotatable bonds is 3. The van der Waals surface area contributed by atoms with Crippen molar-refractivity contribution in [1.82, 2.24) is 4.31 Å². The molecule has 0 unspecified atom stereocenters. The fourth-order valence-corrected chi connectivity index (χ4v) is 4.34. The highest BCUT2D eigenvalue weighted by Crippen LogP contribution is 2.30. The second-order valence-corrected chi connectivity index (χ2v) is 7.76. The van der Waals surface area contributed by atoms with Crippen LogP contribution in [0.4, 0.5) is 4.39 Å². The third-order valence-corrected chi connectivity index (χ3v) is 5.97. The molecule has 0 aromatic heterocycles. The summed E-state index contributed by atoms with van der Waals surface area (Å²) in [6.07, 6.45) is 0. The second kappa shape index (κ2) is 5.81. The van der Waals surface area contributed by atoms with Crippen molar-refractivity contribution in [2.45, 2.75) is 30.8 Å². The van der Waals surface area contributed by atoms with Gasteiger partial charge in [0, 0.05) is 13.1 Å². The molecule has 8 heteroatoms. The summed E-state index contributed by atoms with van der Waals surface area (Å²) < 4.78 is 46.0. The molecule has 0 bridgehead atoms. The van der Waals surface area contributed by atoms with Crippen LogP contribution in [0.2, 0.25) is 5.02 Å². The molecule has 2 rings (SSSR count). The van der Waals surface area contributed by atoms with E-state index in [9.17, 15) is 12.8 Å². The Hall–Kier alpha value is -0.730. The summed E-state index contributed by atoms with van der Waals surface area (Å²) in [7, 11) is -3.84. The highest BCUT2D eigenvalue weighted by Gasteiger charge is 2.40. The smallest absolute Gasteiger partial charge is 0.243 e. The van der Waals surface area contributed by atoms with Crippen molar-refractivity contribution in [2.75, 3.05) is 19.8 Å². The van der Waals surface area contributed by atoms with Crippen LogP contribution in [0, 0.1) is 5.82 Å². The van der Waals surface area contributed by atoms with Gasteiger partial charge in [-0.1, -0.05) is 11.6 Å². The van der Waals surface area contributed by atoms with Crippen molar-refractivity contribution in [2.24, 2.45) is 5.73 Å². The van der Waals surface area contributed by atoms with E-state index >= 15 is 0 Å². The SMILES string of the molecule is CC1(C)COCCN1S(=O)(=O)c1cc(F)c(Cl)c(CN)c1. The fourth-order valence-electron chi connectivity index (χ4n) is 2.33. The van der Waals surface area contributed by atoms with E-state index in [0.29, 0.717) is 6.61 Å². The maximum absolute atomic E-state index is 13.8. The van der Waals surface area contributed by atoms with Gasteiger partial charge >= 0.3 is 0 Å². The van der Waals surface area contributed by atoms with Crippen molar-refractivity contribution in [3.05, 3.63) is 28.5 Å². The Bertz CT molecular complexity index is 649. The highest BCUT2D eigenvalue weighted by molar-refractivity contribution is 7.89. The van der Waals surface area contributed by atoms with Crippen LogP contribution < -0.4 is 5.73 Å². The molecule has 0 aliphatic carbocycles. The van der Waals surface area contributed by atoms with Crippen LogP contribution in [0.25, 0.3) is 0 Å². The molecule has 1 saturated heterocycles. The van der Waals surface area contributed by atoms with Crippen LogP contribution in [0.3, 0.4) is 0 Å². The molecule has 1 aliphatic rings. The first-order valence-corrected chi connectivity index (χ1v) is 8.30. The molecule has 0 radical (unpaired) electrons. The number of hydrogen-bond donors (Lipinski definition) is 1. The standard InChI is InChI=1S/C13H18ClFN2O3S/c1-13(2)8-20-4-3-17(13)21(18,19)10-5-9(7-16)12(14)11(15)6-10/h5-6H,3-4,7-8,16H2,1-2H3. The fraction of sp³-hybridized carbons (Fsp3) is 0.538. The summed E-state index contributed by atoms with van der Waals surface area (Å²) >= 11 is 5.77. The Morgan fingerprint density at radius 3 is 2.71 bits per heavy atom. The summed E-state index contributed by atoms with van der Waals surface area (Å²) in [6, 6.07) is 2.26. The lowest BCUT2D eigenvalue weighted by molar-refractivity contribution is -0.00771. The van der Waals surface area contributed by atoms with Crippen LogP contribution in [0.1, 0.15) is 19.4 Å². The maximum Gasteiger partial charge on any atom is 0.243 e. The number of morpholine rings is 1. The number of halogens is 2. The van der Waals surface area contributed by atoms with Crippen LogP contribution in [-0.4, -0.2) is 38.0 Å². The molecule has 1 aromatic carbocycles. The lowest BCUT2D eigenvalue weighted by Crippen LogP contribution is -2.55. The van der Waals surface area contributed by atoms with Crippen LogP contribution in [0.15, 0.2) is 17.0 Å². The molecule has 0 amide bonds. The third kappa shape index (κ3) is 3.07. The Balaban J connectivity index is 2.51. The molecule has 1 aromatic rings. The van der Waals surface area contributed by atoms with E-state index < -0.39 is 21.4 Å². The quantitative estimate of drug-likeness (QED) is 0.912. The summed E-state index contributed by atoms with van der Waals surface area (Å²) in [4.78, 5) is -0.139. The lowest BCUT2D eigenvalue weighted by Gasteiger charge is -2.40. The van der Waals surface area contributed by atoms with Crippen molar-refractivity contribution in [3.63, 3.8) is 0 Å². The molecule has 1 fully saturated rings. The predicted octanol–water partition coefficient (Wildman–Crippen LogP) is 1.74. The number of ether oxygens (including phenoxy) is 1. The zero-order chi connectivity index (χ0) is 15.8. The van der Waals surface area contributed by atoms with Gasteiger partial charge < -0.3 is 10.5 Å². The largest absolute Gasteiger partial charge is 0.378 e. The third-order valence-electron chi connectivity index (χ3n) is 3.45. The zero-order valence-electron chi connectivity index (χ0n) is 11.9. The number of benzene rings is 1. The van der Waals surface area contributed by atoms with Gasteiger partial charge in [-0.25, -0.2) is 12.8 Å². The zero-order valence-corrected chi connectivity index (χ0v) is 13.5. The first-order valence-electron chi connectivity index (χ1n) is 6.49. The van der Waals surface area contributed by atoms with Crippen molar-refractivity contribution < 1.29 is 17.5 Å². The summed E-state index contributed by atoms with van der Waals surface area (Å²) in [5.41, 5.74) is 5.05. The molecular formula is C13H18ClFN2O3S. The van der Waals surface area contributed by atoms with E-state index in [1.165, 1.54) is 10.4 Å². The van der Waals surface area contributed by atoms with Gasteiger partial charge in [-0.15, -0.1) is 0 Å². The average molecular weight is 337 g/mol. The van der Waals surface area contributed by atoms with Crippen LogP contribution >= 0.6 is 11.6 Å². The number of sulfonamides is 1. The molecular weight excluding hydrogens is 319 g/mol. The topological polar surface area (TPSA) is 72.6 Å². The van der Waals surface area contributed by atoms with E-state index in [2.05, 4.69) is 0 Å². The molecule has 5 nitrogen and oxygen atoms in total. The van der Waals surface area contributed by atoms with Crippen LogP contribution in [-0.2, 0) is 21.3 Å². The monoisotopic (exact) mass is 336 g/mol. The summed E-state index contributed by atoms with van der Waals surface area (Å²) in [6.45, 7) is 4.30. The van der Waals surface area contributed by atoms with Crippen molar-refractivity contribution >= 4 is 21.6 Å². The predicted molar refractivity (Wildman–Crippen MR) is 78.1 cm³/mol. The molecule has 118 valence electrons. The van der Waals surface area contributed by atoms with E-state index in [1.807, 2.05) is 0 Å². The minimum Gasteiger partial charge on any atom is -0.378 e. The minimum absolute atomic E-state index is 0.0361. The number of hydrogen-bond acceptors (Lipinski definition) is 4. The van der Waals surface area contributed by atoms with Gasteiger partial charge in [0.05, 0.1) is 28.7 Å². The molecule has 21 heavy (non-hydrogen) atoms. The van der Waals surface area contributed by atoms with Gasteiger partial charge in [0.15, 0.2) is 0 Å². The summed E-state index contributed by atoms with van der Waals surface area (Å²) in [5.74, 6) is -0.788. The van der Waals surface area contributed by atoms with Gasteiger partial charge in [0.25, 0.3) is 0 Å². The van der Waals surface area contributed by atoms with E-state index in [0.717, 1.165) is 6.07 Å². The highest BCUT2D eigenvalue weighted by atomic mass is 35.5. The Kier molecular flexibility index (Phi) is 4.60. The van der Waals surface area contributed by atoms with Gasteiger partial charge in [-0.2, -0.15) is 4.31 Å². The lowest BCUT2D eigenvalue weighted by atomic mass is 10.1. The number of nitrogens with two attached hydrogens (primary N) is 1. The van der Waals surface area contributed by atoms with E-state index in [4.69, 9.17) is 22.1 Å². The summed E-state index contributed by atoms with van der Waals surface area (Å²) in [5, 5.41) is -0.141. The van der Waals surface area contributed by atoms with Gasteiger partial charge in [-0.05, 0) is 31.5 Å². The molecule has 2 N–H and O–H groups in total. The van der Waals surface area contributed by atoms with E-state index in [1.54, 1.807) is 13.8 Å². The molecule has 0 spiro atoms. The first kappa shape index (κ1) is 16.6. The second-order valence-electron chi connectivity index (χ2n) is 5.52. The van der Waals surface area contributed by atoms with Gasteiger partial charge in [-0.3, -0.25) is 0 Å². The molecule has 1 aliphatic heterocycles. The first-order chi connectivity index (χ1) is 9.70. The van der Waals surface area contributed by atoms with E-state index in [-0.39, 0.29) is 35.2 Å². The van der Waals surface area contributed by atoms with Crippen molar-refractivity contribution in [3.8, 4) is 0 Å². The normalized spacial score (nSPS) is 19.7. The molecule has 0 saturated carbocycles. The minimum atomic E-state index is -3.84. The van der Waals surface area contributed by atoms with Crippen molar-refractivity contribution in [1.29, 1.82) is 0 Å². The Morgan fingerprint density at radius 2 is 2.14 bits per heavy atom. The van der Waals surface area contributed by atoms with Gasteiger partial charge in [0.1, 0.15) is 5.82 Å². The maximum atomic E-state index is 13.8. The average Bonchev–Trinajstić information content (AvgIpc) is 2.40. The number of nitrogens with zero attached hydrogens (tertiary/aromatic N) is 1. The Labute approximate surface area is 128 Å².